The van der Waals surface area contributed by atoms with Crippen molar-refractivity contribution in [1.82, 2.24) is 4.57 Å². The summed E-state index contributed by atoms with van der Waals surface area (Å²) in [6.45, 7) is 0. The fourth-order valence-corrected chi connectivity index (χ4v) is 12.8. The summed E-state index contributed by atoms with van der Waals surface area (Å²) in [7, 11) is -3.08. The Morgan fingerprint density at radius 2 is 0.714 bits per heavy atom. The van der Waals surface area contributed by atoms with E-state index in [4.69, 9.17) is 0 Å². The molecule has 0 saturated heterocycles. The van der Waals surface area contributed by atoms with Gasteiger partial charge in [0.25, 0.3) is 0 Å². The smallest absolute Gasteiger partial charge is 0.172 e. The molecule has 0 saturated carbocycles. The third kappa shape index (κ3) is 6.22. The number of rotatable bonds is 7. The van der Waals surface area contributed by atoms with Crippen molar-refractivity contribution in [2.45, 2.75) is 0 Å². The van der Waals surface area contributed by atoms with Crippen LogP contribution in [0.2, 0.25) is 0 Å². The fourth-order valence-electron chi connectivity index (χ4n) is 9.68. The first-order valence-electron chi connectivity index (χ1n) is 21.5. The van der Waals surface area contributed by atoms with Crippen LogP contribution in [0.15, 0.2) is 243 Å². The summed E-state index contributed by atoms with van der Waals surface area (Å²) in [6, 6.07) is 86.3. The summed E-state index contributed by atoms with van der Waals surface area (Å²) < 4.78 is 17.8. The SMILES string of the molecule is O=P1(c2ccccc2)c2ccccc2-c2cc3c(cc21)c1ccccc1n3-c1ccc(-c2cc(-c3ccc(-c4ccccc4)cc3)cc(-c3ccc(-c4ccccc4)cc3)c2)cc1. The number of para-hydroxylation sites is 1. The number of hydrogen-bond donors (Lipinski definition) is 0. The highest BCUT2D eigenvalue weighted by molar-refractivity contribution is 7.86. The van der Waals surface area contributed by atoms with Crippen molar-refractivity contribution < 1.29 is 4.57 Å². The predicted molar refractivity (Wildman–Crippen MR) is 266 cm³/mol. The molecule has 2 nitrogen and oxygen atoms in total. The van der Waals surface area contributed by atoms with Gasteiger partial charge < -0.3 is 9.13 Å². The van der Waals surface area contributed by atoms with Crippen molar-refractivity contribution in [2.24, 2.45) is 0 Å². The minimum Gasteiger partial charge on any atom is -0.309 e. The Hall–Kier alpha value is -7.77. The van der Waals surface area contributed by atoms with Crippen molar-refractivity contribution in [3.63, 3.8) is 0 Å². The van der Waals surface area contributed by atoms with Crippen LogP contribution in [0.5, 0.6) is 0 Å². The molecule has 11 aromatic rings. The molecule has 0 aliphatic carbocycles. The normalized spacial score (nSPS) is 14.2. The van der Waals surface area contributed by atoms with E-state index in [9.17, 15) is 0 Å². The average Bonchev–Trinajstić information content (AvgIpc) is 3.83. The molecule has 296 valence electrons. The highest BCUT2D eigenvalue weighted by Gasteiger charge is 2.40. The molecule has 1 aliphatic heterocycles. The van der Waals surface area contributed by atoms with Crippen LogP contribution < -0.4 is 15.9 Å². The van der Waals surface area contributed by atoms with Gasteiger partial charge >= 0.3 is 0 Å². The topological polar surface area (TPSA) is 22.0 Å². The van der Waals surface area contributed by atoms with Gasteiger partial charge in [0.05, 0.1) is 11.0 Å². The molecular formula is C60H40NOP. The quantitative estimate of drug-likeness (QED) is 0.147. The van der Waals surface area contributed by atoms with Gasteiger partial charge in [-0.2, -0.15) is 0 Å². The third-order valence-corrected chi connectivity index (χ3v) is 16.0. The summed E-state index contributed by atoms with van der Waals surface area (Å²) in [5.41, 5.74) is 17.2. The Kier molecular flexibility index (Phi) is 8.81. The maximum absolute atomic E-state index is 15.5. The number of aromatic nitrogens is 1. The Bertz CT molecular complexity index is 3440. The maximum Gasteiger partial charge on any atom is 0.172 e. The van der Waals surface area contributed by atoms with E-state index >= 15 is 4.57 Å². The molecule has 10 aromatic carbocycles. The van der Waals surface area contributed by atoms with Crippen molar-refractivity contribution in [3.8, 4) is 72.4 Å². The van der Waals surface area contributed by atoms with Gasteiger partial charge in [-0.25, -0.2) is 0 Å². The van der Waals surface area contributed by atoms with Crippen LogP contribution in [-0.4, -0.2) is 4.57 Å². The second-order valence-corrected chi connectivity index (χ2v) is 19.1. The molecule has 0 spiro atoms. The summed E-state index contributed by atoms with van der Waals surface area (Å²) in [6.07, 6.45) is 0. The lowest BCUT2D eigenvalue weighted by Gasteiger charge is -2.16. The number of fused-ring (bicyclic) bond motifs is 6. The zero-order valence-corrected chi connectivity index (χ0v) is 35.3. The molecule has 2 heterocycles. The second-order valence-electron chi connectivity index (χ2n) is 16.4. The van der Waals surface area contributed by atoms with Crippen LogP contribution >= 0.6 is 7.14 Å². The summed E-state index contributed by atoms with van der Waals surface area (Å²) >= 11 is 0. The van der Waals surface area contributed by atoms with Gasteiger partial charge in [-0.15, -0.1) is 0 Å². The number of nitrogens with zero attached hydrogens (tertiary/aromatic N) is 1. The van der Waals surface area contributed by atoms with E-state index < -0.39 is 7.14 Å². The van der Waals surface area contributed by atoms with Gasteiger partial charge in [-0.3, -0.25) is 0 Å². The highest BCUT2D eigenvalue weighted by Crippen LogP contribution is 2.53. The van der Waals surface area contributed by atoms with E-state index in [0.29, 0.717) is 0 Å². The van der Waals surface area contributed by atoms with Gasteiger partial charge in [0, 0.05) is 32.4 Å². The van der Waals surface area contributed by atoms with Gasteiger partial charge in [0.1, 0.15) is 0 Å². The first-order chi connectivity index (χ1) is 31.1. The van der Waals surface area contributed by atoms with Crippen LogP contribution in [-0.2, 0) is 4.57 Å². The van der Waals surface area contributed by atoms with Crippen molar-refractivity contribution >= 4 is 44.9 Å². The van der Waals surface area contributed by atoms with Crippen LogP contribution in [0.3, 0.4) is 0 Å². The summed E-state index contributed by atoms with van der Waals surface area (Å²) in [5.74, 6) is 0. The Labute approximate surface area is 367 Å². The molecule has 1 aromatic heterocycles. The second kappa shape index (κ2) is 15.0. The monoisotopic (exact) mass is 821 g/mol. The van der Waals surface area contributed by atoms with E-state index in [1.807, 2.05) is 36.4 Å². The minimum absolute atomic E-state index is 0.871. The molecule has 1 atom stereocenters. The number of hydrogen-bond acceptors (Lipinski definition) is 1. The minimum atomic E-state index is -3.08. The molecule has 0 bridgehead atoms. The molecule has 0 radical (unpaired) electrons. The first kappa shape index (κ1) is 37.0. The van der Waals surface area contributed by atoms with Crippen molar-refractivity contribution in [1.29, 1.82) is 0 Å². The lowest BCUT2D eigenvalue weighted by atomic mass is 9.92. The molecule has 0 amide bonds. The average molecular weight is 822 g/mol. The molecule has 3 heteroatoms. The van der Waals surface area contributed by atoms with E-state index in [2.05, 4.69) is 211 Å². The molecule has 0 fully saturated rings. The van der Waals surface area contributed by atoms with Gasteiger partial charge in [-0.1, -0.05) is 194 Å². The first-order valence-corrected chi connectivity index (χ1v) is 23.2. The third-order valence-electron chi connectivity index (χ3n) is 12.8. The predicted octanol–water partition coefficient (Wildman–Crippen LogP) is 14.7. The zero-order chi connectivity index (χ0) is 41.9. The number of benzene rings is 10. The molecule has 1 aliphatic rings. The van der Waals surface area contributed by atoms with Crippen LogP contribution in [0.4, 0.5) is 0 Å². The summed E-state index contributed by atoms with van der Waals surface area (Å²) in [4.78, 5) is 0. The molecule has 63 heavy (non-hydrogen) atoms. The largest absolute Gasteiger partial charge is 0.309 e. The Morgan fingerprint density at radius 3 is 1.27 bits per heavy atom. The molecule has 12 rings (SSSR count). The van der Waals surface area contributed by atoms with Crippen LogP contribution in [0.25, 0.3) is 94.3 Å². The van der Waals surface area contributed by atoms with E-state index in [1.165, 1.54) is 44.5 Å². The molecular weight excluding hydrogens is 782 g/mol. The maximum atomic E-state index is 15.5. The highest BCUT2D eigenvalue weighted by atomic mass is 31.2. The standard InChI is InChI=1S/C60H40NOP/c62-63(52-18-8-3-9-19-52)59-23-13-11-21-54(59)56-39-58-55(40-60(56)63)53-20-10-12-22-57(53)61(58)51-34-32-47(33-35-51)50-37-48(45-28-24-43(25-29-45)41-14-4-1-5-15-41)36-49(38-50)46-30-26-44(27-31-46)42-16-6-2-7-17-42/h1-40H. The van der Waals surface area contributed by atoms with E-state index in [1.54, 1.807) is 0 Å². The lowest BCUT2D eigenvalue weighted by molar-refractivity contribution is 0.593. The van der Waals surface area contributed by atoms with Crippen LogP contribution in [0.1, 0.15) is 0 Å². The summed E-state index contributed by atoms with van der Waals surface area (Å²) in [5, 5.41) is 4.95. The zero-order valence-electron chi connectivity index (χ0n) is 34.4. The Morgan fingerprint density at radius 1 is 0.286 bits per heavy atom. The lowest BCUT2D eigenvalue weighted by Crippen LogP contribution is -2.20. The van der Waals surface area contributed by atoms with Crippen molar-refractivity contribution in [2.75, 3.05) is 0 Å². The van der Waals surface area contributed by atoms with Gasteiger partial charge in [0.15, 0.2) is 7.14 Å². The Balaban J connectivity index is 0.976. The van der Waals surface area contributed by atoms with E-state index in [0.717, 1.165) is 65.7 Å². The fraction of sp³-hybridized carbons (Fsp3) is 0. The molecule has 1 unspecified atom stereocenters. The van der Waals surface area contributed by atoms with E-state index in [-0.39, 0.29) is 0 Å². The van der Waals surface area contributed by atoms with Crippen LogP contribution in [0, 0.1) is 0 Å². The van der Waals surface area contributed by atoms with Gasteiger partial charge in [-0.05, 0) is 115 Å². The van der Waals surface area contributed by atoms with Crippen molar-refractivity contribution in [3.05, 3.63) is 243 Å². The molecule has 0 N–H and O–H groups in total. The van der Waals surface area contributed by atoms with Gasteiger partial charge in [0.2, 0.25) is 0 Å².